The van der Waals surface area contributed by atoms with Gasteiger partial charge in [-0.05, 0) is 31.9 Å². The van der Waals surface area contributed by atoms with Gasteiger partial charge in [0.15, 0.2) is 0 Å². The van der Waals surface area contributed by atoms with Crippen LogP contribution >= 0.6 is 11.3 Å². The minimum absolute atomic E-state index is 0.0245. The van der Waals surface area contributed by atoms with Gasteiger partial charge < -0.3 is 15.7 Å². The summed E-state index contributed by atoms with van der Waals surface area (Å²) in [5, 5.41) is 14.4. The summed E-state index contributed by atoms with van der Waals surface area (Å²) in [7, 11) is 0. The first kappa shape index (κ1) is 17.5. The van der Waals surface area contributed by atoms with Gasteiger partial charge in [0.05, 0.1) is 0 Å². The number of aliphatic carboxylic acids is 1. The predicted octanol–water partition coefficient (Wildman–Crippen LogP) is 2.79. The van der Waals surface area contributed by atoms with Gasteiger partial charge in [0, 0.05) is 35.2 Å². The Bertz CT molecular complexity index is 473. The fourth-order valence-electron chi connectivity index (χ4n) is 2.07. The average Bonchev–Trinajstić information content (AvgIpc) is 2.79. The van der Waals surface area contributed by atoms with Crippen molar-refractivity contribution in [2.24, 2.45) is 5.92 Å². The van der Waals surface area contributed by atoms with E-state index < -0.39 is 5.97 Å². The first-order chi connectivity index (χ1) is 9.90. The van der Waals surface area contributed by atoms with Crippen LogP contribution in [0.3, 0.4) is 0 Å². The second kappa shape index (κ2) is 8.67. The number of carboxylic acids is 1. The molecule has 0 bridgehead atoms. The summed E-state index contributed by atoms with van der Waals surface area (Å²) in [6, 6.07) is 3.96. The molecule has 0 aromatic carbocycles. The number of rotatable bonds is 8. The topological polar surface area (TPSA) is 78.4 Å². The SMILES string of the molecule is CCC(CNC(=O)NC(C)Cc1ccc(C)s1)CC(=O)O. The molecule has 3 N–H and O–H groups in total. The fourth-order valence-corrected chi connectivity index (χ4v) is 3.09. The molecule has 21 heavy (non-hydrogen) atoms. The fraction of sp³-hybridized carbons (Fsp3) is 0.600. The predicted molar refractivity (Wildman–Crippen MR) is 84.8 cm³/mol. The van der Waals surface area contributed by atoms with Gasteiger partial charge in [-0.2, -0.15) is 0 Å². The zero-order valence-corrected chi connectivity index (χ0v) is 13.6. The van der Waals surface area contributed by atoms with Crippen molar-refractivity contribution >= 4 is 23.3 Å². The number of hydrogen-bond donors (Lipinski definition) is 3. The number of nitrogens with one attached hydrogen (secondary N) is 2. The molecule has 0 spiro atoms. The minimum Gasteiger partial charge on any atom is -0.481 e. The van der Waals surface area contributed by atoms with E-state index in [1.165, 1.54) is 9.75 Å². The Morgan fingerprint density at radius 1 is 1.38 bits per heavy atom. The third kappa shape index (κ3) is 7.13. The van der Waals surface area contributed by atoms with Gasteiger partial charge in [-0.3, -0.25) is 4.79 Å². The van der Waals surface area contributed by atoms with Crippen LogP contribution in [0.5, 0.6) is 0 Å². The van der Waals surface area contributed by atoms with Gasteiger partial charge in [-0.25, -0.2) is 4.79 Å². The smallest absolute Gasteiger partial charge is 0.315 e. The van der Waals surface area contributed by atoms with Crippen molar-refractivity contribution < 1.29 is 14.7 Å². The number of aryl methyl sites for hydroxylation is 1. The standard InChI is InChI=1S/C15H24N2O3S/c1-4-12(8-14(18)19)9-16-15(20)17-10(2)7-13-6-5-11(3)21-13/h5-6,10,12H,4,7-9H2,1-3H3,(H,18,19)(H2,16,17,20). The number of thiophene rings is 1. The summed E-state index contributed by atoms with van der Waals surface area (Å²) in [6.07, 6.45) is 1.62. The molecule has 2 atom stereocenters. The van der Waals surface area contributed by atoms with Crippen LogP contribution in [0.25, 0.3) is 0 Å². The largest absolute Gasteiger partial charge is 0.481 e. The highest BCUT2D eigenvalue weighted by Crippen LogP contribution is 2.16. The van der Waals surface area contributed by atoms with E-state index >= 15 is 0 Å². The molecule has 2 unspecified atom stereocenters. The maximum Gasteiger partial charge on any atom is 0.315 e. The third-order valence-electron chi connectivity index (χ3n) is 3.27. The highest BCUT2D eigenvalue weighted by Gasteiger charge is 2.14. The van der Waals surface area contributed by atoms with Gasteiger partial charge in [0.2, 0.25) is 0 Å². The van der Waals surface area contributed by atoms with Gasteiger partial charge in [-0.1, -0.05) is 13.3 Å². The molecule has 5 nitrogen and oxygen atoms in total. The first-order valence-corrected chi connectivity index (χ1v) is 8.03. The summed E-state index contributed by atoms with van der Waals surface area (Å²) in [4.78, 5) is 25.0. The number of carbonyl (C=O) groups is 2. The molecule has 0 fully saturated rings. The normalized spacial score (nSPS) is 13.5. The molecule has 2 amide bonds. The lowest BCUT2D eigenvalue weighted by molar-refractivity contribution is -0.138. The summed E-state index contributed by atoms with van der Waals surface area (Å²) in [5.74, 6) is -0.853. The molecule has 6 heteroatoms. The van der Waals surface area contributed by atoms with E-state index in [-0.39, 0.29) is 24.4 Å². The molecule has 0 aliphatic rings. The van der Waals surface area contributed by atoms with Crippen molar-refractivity contribution in [1.29, 1.82) is 0 Å². The molecule has 118 valence electrons. The lowest BCUT2D eigenvalue weighted by Crippen LogP contribution is -2.43. The van der Waals surface area contributed by atoms with Crippen LogP contribution in [0.4, 0.5) is 4.79 Å². The van der Waals surface area contributed by atoms with E-state index in [4.69, 9.17) is 5.11 Å². The quantitative estimate of drug-likeness (QED) is 0.690. The average molecular weight is 312 g/mol. The Hall–Kier alpha value is -1.56. The molecule has 1 aromatic rings. The van der Waals surface area contributed by atoms with E-state index in [1.807, 2.05) is 13.8 Å². The maximum atomic E-state index is 11.8. The zero-order chi connectivity index (χ0) is 15.8. The second-order valence-electron chi connectivity index (χ2n) is 5.34. The Labute approximate surface area is 129 Å². The van der Waals surface area contributed by atoms with E-state index in [1.54, 1.807) is 11.3 Å². The van der Waals surface area contributed by atoms with Gasteiger partial charge in [-0.15, -0.1) is 11.3 Å². The lowest BCUT2D eigenvalue weighted by atomic mass is 10.0. The van der Waals surface area contributed by atoms with E-state index in [0.29, 0.717) is 6.54 Å². The summed E-state index contributed by atoms with van der Waals surface area (Å²) in [6.45, 7) is 6.34. The Balaban J connectivity index is 2.30. The monoisotopic (exact) mass is 312 g/mol. The van der Waals surface area contributed by atoms with Crippen molar-refractivity contribution in [2.45, 2.75) is 46.1 Å². The van der Waals surface area contributed by atoms with E-state index in [9.17, 15) is 9.59 Å². The van der Waals surface area contributed by atoms with Crippen LogP contribution in [-0.2, 0) is 11.2 Å². The van der Waals surface area contributed by atoms with Crippen LogP contribution in [0.15, 0.2) is 12.1 Å². The molecule has 0 saturated heterocycles. The van der Waals surface area contributed by atoms with E-state index in [0.717, 1.165) is 12.8 Å². The third-order valence-corrected chi connectivity index (χ3v) is 4.30. The highest BCUT2D eigenvalue weighted by atomic mass is 32.1. The summed E-state index contributed by atoms with van der Waals surface area (Å²) in [5.41, 5.74) is 0. The molecular formula is C15H24N2O3S. The van der Waals surface area contributed by atoms with Crippen LogP contribution in [-0.4, -0.2) is 29.7 Å². The molecule has 1 aromatic heterocycles. The molecule has 0 saturated carbocycles. The van der Waals surface area contributed by atoms with Crippen molar-refractivity contribution in [1.82, 2.24) is 10.6 Å². The number of amides is 2. The first-order valence-electron chi connectivity index (χ1n) is 7.22. The number of carbonyl (C=O) groups excluding carboxylic acids is 1. The summed E-state index contributed by atoms with van der Waals surface area (Å²) >= 11 is 1.73. The highest BCUT2D eigenvalue weighted by molar-refractivity contribution is 7.11. The van der Waals surface area contributed by atoms with E-state index in [2.05, 4.69) is 29.7 Å². The van der Waals surface area contributed by atoms with Gasteiger partial charge in [0.1, 0.15) is 0 Å². The van der Waals surface area contributed by atoms with Crippen molar-refractivity contribution in [3.63, 3.8) is 0 Å². The molecule has 0 radical (unpaired) electrons. The number of hydrogen-bond acceptors (Lipinski definition) is 3. The van der Waals surface area contributed by atoms with Crippen LogP contribution in [0.1, 0.15) is 36.4 Å². The lowest BCUT2D eigenvalue weighted by Gasteiger charge is -2.17. The molecule has 0 aliphatic heterocycles. The van der Waals surface area contributed by atoms with Gasteiger partial charge >= 0.3 is 12.0 Å². The van der Waals surface area contributed by atoms with Crippen LogP contribution < -0.4 is 10.6 Å². The molecule has 0 aliphatic carbocycles. The van der Waals surface area contributed by atoms with Crippen molar-refractivity contribution in [3.05, 3.63) is 21.9 Å². The Morgan fingerprint density at radius 2 is 2.10 bits per heavy atom. The van der Waals surface area contributed by atoms with Crippen LogP contribution in [0.2, 0.25) is 0 Å². The summed E-state index contributed by atoms with van der Waals surface area (Å²) < 4.78 is 0. The molecular weight excluding hydrogens is 288 g/mol. The maximum absolute atomic E-state index is 11.8. The zero-order valence-electron chi connectivity index (χ0n) is 12.8. The Kier molecular flexibility index (Phi) is 7.22. The second-order valence-corrected chi connectivity index (χ2v) is 6.72. The Morgan fingerprint density at radius 3 is 2.62 bits per heavy atom. The van der Waals surface area contributed by atoms with Crippen LogP contribution in [0, 0.1) is 12.8 Å². The molecule has 1 rings (SSSR count). The number of urea groups is 1. The molecule has 1 heterocycles. The minimum atomic E-state index is -0.828. The number of carboxylic acid groups (broad SMARTS) is 1. The van der Waals surface area contributed by atoms with Crippen molar-refractivity contribution in [2.75, 3.05) is 6.54 Å². The van der Waals surface area contributed by atoms with Gasteiger partial charge in [0.25, 0.3) is 0 Å². The van der Waals surface area contributed by atoms with Crippen molar-refractivity contribution in [3.8, 4) is 0 Å².